The molecule has 0 spiro atoms. The molecule has 4 nitrogen and oxygen atoms in total. The van der Waals surface area contributed by atoms with Crippen LogP contribution >= 0.6 is 0 Å². The van der Waals surface area contributed by atoms with Gasteiger partial charge in [-0.05, 0) is 232 Å². The lowest BCUT2D eigenvalue weighted by Crippen LogP contribution is -2.76. The van der Waals surface area contributed by atoms with Crippen molar-refractivity contribution in [2.75, 3.05) is 19.6 Å². The summed E-state index contributed by atoms with van der Waals surface area (Å²) < 4.78 is 0. The zero-order valence-corrected chi connectivity index (χ0v) is 61.9. The molecule has 0 saturated heterocycles. The minimum Gasteiger partial charge on any atom is -0.311 e. The molecule has 1 aliphatic heterocycles. The molecule has 108 heavy (non-hydrogen) atoms. The highest BCUT2D eigenvalue weighted by Gasteiger charge is 2.43. The maximum atomic E-state index is 2.62. The van der Waals surface area contributed by atoms with E-state index in [-0.39, 0.29) is 13.4 Å². The van der Waals surface area contributed by atoms with Crippen molar-refractivity contribution in [1.29, 1.82) is 0 Å². The average molecular weight is 1390 g/mol. The highest BCUT2D eigenvalue weighted by atomic mass is 15.2. The molecule has 1 heterocycles. The minimum absolute atomic E-state index is 0.185. The van der Waals surface area contributed by atoms with Gasteiger partial charge in [-0.1, -0.05) is 309 Å². The lowest BCUT2D eigenvalue weighted by Gasteiger charge is -2.37. The van der Waals surface area contributed by atoms with E-state index in [0.717, 1.165) is 90.5 Å². The summed E-state index contributed by atoms with van der Waals surface area (Å²) in [5.74, 6) is 0. The summed E-state index contributed by atoms with van der Waals surface area (Å²) in [5.41, 5.74) is 37.8. The third-order valence-electron chi connectivity index (χ3n) is 21.6. The van der Waals surface area contributed by atoms with E-state index in [2.05, 4.69) is 449 Å². The summed E-state index contributed by atoms with van der Waals surface area (Å²) in [6.45, 7) is 13.5. The van der Waals surface area contributed by atoms with Crippen molar-refractivity contribution in [2.45, 2.75) is 41.5 Å². The molecule has 0 fully saturated rings. The van der Waals surface area contributed by atoms with Gasteiger partial charge in [-0.15, -0.1) is 0 Å². The first-order chi connectivity index (χ1) is 53.1. The molecule has 516 valence electrons. The number of aryl methyl sites for hydroxylation is 6. The highest BCUT2D eigenvalue weighted by molar-refractivity contribution is 7.11. The van der Waals surface area contributed by atoms with Crippen LogP contribution in [0.4, 0.5) is 68.2 Å². The number of nitrogens with zero attached hydrogens (tertiary/aromatic N) is 4. The minimum atomic E-state index is -0.185. The van der Waals surface area contributed by atoms with E-state index < -0.39 is 0 Å². The van der Waals surface area contributed by atoms with E-state index in [1.165, 1.54) is 88.4 Å². The van der Waals surface area contributed by atoms with Crippen LogP contribution in [0.3, 0.4) is 0 Å². The topological polar surface area (TPSA) is 13.0 Å². The molecule has 0 amide bonds. The molecule has 1 aliphatic rings. The molecule has 0 radical (unpaired) electrons. The van der Waals surface area contributed by atoms with Crippen LogP contribution in [0.25, 0.3) is 44.5 Å². The van der Waals surface area contributed by atoms with Gasteiger partial charge in [0.2, 0.25) is 13.4 Å². The first kappa shape index (κ1) is 68.0. The summed E-state index contributed by atoms with van der Waals surface area (Å²) in [7, 11) is 0. The van der Waals surface area contributed by atoms with Gasteiger partial charge < -0.3 is 19.6 Å². The van der Waals surface area contributed by atoms with Crippen LogP contribution in [-0.2, 0) is 0 Å². The van der Waals surface area contributed by atoms with Crippen LogP contribution in [0.5, 0.6) is 0 Å². The Morgan fingerprint density at radius 3 is 0.472 bits per heavy atom. The van der Waals surface area contributed by atoms with E-state index in [0.29, 0.717) is 0 Å². The fourth-order valence-electron chi connectivity index (χ4n) is 17.0. The Labute approximate surface area is 637 Å². The highest BCUT2D eigenvalue weighted by Crippen LogP contribution is 2.44. The fraction of sp³-hybridized carbons (Fsp3) is 0.0588. The zero-order chi connectivity index (χ0) is 73.2. The zero-order valence-electron chi connectivity index (χ0n) is 61.9. The molecule has 0 saturated carbocycles. The van der Waals surface area contributed by atoms with Crippen molar-refractivity contribution in [2.24, 2.45) is 0 Å². The van der Waals surface area contributed by atoms with Gasteiger partial charge in [-0.25, -0.2) is 0 Å². The summed E-state index contributed by atoms with van der Waals surface area (Å²) in [6.07, 6.45) is 0. The SMILES string of the molecule is Cc1cc(C)c(B2c3cc(-c4ccc(N(c5ccccc5)c5ccccc5)cc4)c(-c4ccc(N(c5ccccc5)c5ccccc5)cc4)cc3B(c3c(C)cc(C)cc3C)c3cc(-c4ccc(N(c5ccccc5)c5ccccc5)cc4)c(-c4ccc(N(c5ccccc5)c5ccccc5)cc4)cc32)c(C)c1. The Bertz CT molecular complexity index is 4950. The molecule has 0 unspecified atom stereocenters. The maximum Gasteiger partial charge on any atom is 0.240 e. The Hall–Kier alpha value is -13.2. The van der Waals surface area contributed by atoms with Gasteiger partial charge in [0.25, 0.3) is 0 Å². The number of rotatable bonds is 18. The summed E-state index contributed by atoms with van der Waals surface area (Å²) in [4.78, 5) is 9.42. The second kappa shape index (κ2) is 29.8. The summed E-state index contributed by atoms with van der Waals surface area (Å²) in [5, 5.41) is 0. The van der Waals surface area contributed by atoms with Crippen LogP contribution in [0, 0.1) is 41.5 Å². The van der Waals surface area contributed by atoms with Crippen molar-refractivity contribution in [3.8, 4) is 44.5 Å². The molecule has 0 N–H and O–H groups in total. The number of para-hydroxylation sites is 8. The Morgan fingerprint density at radius 1 is 0.167 bits per heavy atom. The van der Waals surface area contributed by atoms with Crippen molar-refractivity contribution in [1.82, 2.24) is 0 Å². The monoisotopic (exact) mass is 1380 g/mol. The standard InChI is InChI=1S/C102H82B2N4/c1-71-63-73(3)101(74(4)64-71)103-97-67-93(77-47-55-89(56-48-77)105(81-31-15-7-16-32-81)82-33-17-8-18-34-82)95(79-51-59-91(60-52-79)107(85-39-23-11-24-40-85)86-41-25-12-26-42-86)69-99(97)104(102-75(5)65-72(2)66-76(102)6)100-70-96(80-53-61-92(62-54-80)108(87-43-27-13-28-44-87)88-45-29-14-30-46-88)94(68-98(100)103)78-49-57-90(58-50-78)106(83-35-19-9-20-36-83)84-37-21-10-22-38-84/h7-70H,1-6H3. The van der Waals surface area contributed by atoms with E-state index in [1.807, 2.05) is 0 Å². The lowest BCUT2D eigenvalue weighted by atomic mass is 9.20. The van der Waals surface area contributed by atoms with Crippen LogP contribution in [0.15, 0.2) is 388 Å². The molecule has 6 heteroatoms. The largest absolute Gasteiger partial charge is 0.311 e. The number of fused-ring (bicyclic) bond motifs is 2. The van der Waals surface area contributed by atoms with E-state index in [1.54, 1.807) is 0 Å². The normalized spacial score (nSPS) is 11.6. The van der Waals surface area contributed by atoms with Crippen molar-refractivity contribution < 1.29 is 0 Å². The van der Waals surface area contributed by atoms with Gasteiger partial charge in [0.1, 0.15) is 0 Å². The van der Waals surface area contributed by atoms with Gasteiger partial charge in [0.15, 0.2) is 0 Å². The third kappa shape index (κ3) is 13.3. The molecular weight excluding hydrogens is 1300 g/mol. The molecule has 17 rings (SSSR count). The molecule has 16 aromatic rings. The first-order valence-electron chi connectivity index (χ1n) is 37.6. The first-order valence-corrected chi connectivity index (χ1v) is 37.6. The summed E-state index contributed by atoms with van der Waals surface area (Å²) in [6, 6.07) is 143. The van der Waals surface area contributed by atoms with Gasteiger partial charge in [-0.2, -0.15) is 0 Å². The van der Waals surface area contributed by atoms with Crippen molar-refractivity contribution in [3.63, 3.8) is 0 Å². The number of benzene rings is 16. The average Bonchev–Trinajstić information content (AvgIpc) is 0.705. The van der Waals surface area contributed by atoms with Crippen molar-refractivity contribution in [3.05, 3.63) is 422 Å². The van der Waals surface area contributed by atoms with Gasteiger partial charge in [0, 0.05) is 68.2 Å². The second-order valence-corrected chi connectivity index (χ2v) is 28.8. The Morgan fingerprint density at radius 2 is 0.315 bits per heavy atom. The molecule has 16 aromatic carbocycles. The maximum absolute atomic E-state index is 2.62. The second-order valence-electron chi connectivity index (χ2n) is 28.8. The van der Waals surface area contributed by atoms with E-state index >= 15 is 0 Å². The summed E-state index contributed by atoms with van der Waals surface area (Å²) >= 11 is 0. The van der Waals surface area contributed by atoms with Crippen LogP contribution in [0.2, 0.25) is 0 Å². The lowest BCUT2D eigenvalue weighted by molar-refractivity contribution is 1.28. The Kier molecular flexibility index (Phi) is 18.7. The van der Waals surface area contributed by atoms with Crippen LogP contribution < -0.4 is 52.4 Å². The molecule has 0 atom stereocenters. The van der Waals surface area contributed by atoms with E-state index in [9.17, 15) is 0 Å². The predicted octanol–water partition coefficient (Wildman–Crippen LogP) is 23.4. The molecular formula is C102H82B2N4. The fourth-order valence-corrected chi connectivity index (χ4v) is 17.0. The number of anilines is 12. The van der Waals surface area contributed by atoms with Gasteiger partial charge in [-0.3, -0.25) is 0 Å². The quantitative estimate of drug-likeness (QED) is 0.0794. The predicted molar refractivity (Wildman–Crippen MR) is 464 cm³/mol. The van der Waals surface area contributed by atoms with Crippen molar-refractivity contribution >= 4 is 114 Å². The number of hydrogen-bond donors (Lipinski definition) is 0. The van der Waals surface area contributed by atoms with Crippen LogP contribution in [0.1, 0.15) is 33.4 Å². The molecule has 0 aliphatic carbocycles. The van der Waals surface area contributed by atoms with E-state index in [4.69, 9.17) is 0 Å². The molecule has 0 aromatic heterocycles. The molecule has 0 bridgehead atoms. The van der Waals surface area contributed by atoms with Gasteiger partial charge >= 0.3 is 0 Å². The van der Waals surface area contributed by atoms with Crippen LogP contribution in [-0.4, -0.2) is 13.4 Å². The smallest absolute Gasteiger partial charge is 0.240 e. The third-order valence-corrected chi connectivity index (χ3v) is 21.6. The number of hydrogen-bond acceptors (Lipinski definition) is 4. The Balaban J connectivity index is 0.933. The van der Waals surface area contributed by atoms with Gasteiger partial charge in [0.05, 0.1) is 0 Å².